The minimum Gasteiger partial charge on any atom is -0.465 e. The van der Waals surface area contributed by atoms with Crippen LogP contribution in [0.1, 0.15) is 13.8 Å². The van der Waals surface area contributed by atoms with Gasteiger partial charge in [-0.25, -0.2) is 9.78 Å². The number of aromatic amines is 1. The third kappa shape index (κ3) is 3.92. The van der Waals surface area contributed by atoms with Gasteiger partial charge in [-0.05, 0) is 48.0 Å². The van der Waals surface area contributed by atoms with Gasteiger partial charge in [0.25, 0.3) is 5.56 Å². The molecule has 3 rings (SSSR count). The van der Waals surface area contributed by atoms with Crippen molar-refractivity contribution in [3.05, 3.63) is 45.4 Å². The van der Waals surface area contributed by atoms with Crippen LogP contribution < -0.4 is 15.4 Å². The number of hydrogen-bond donors (Lipinski definition) is 2. The predicted octanol–water partition coefficient (Wildman–Crippen LogP) is 2.88. The fourth-order valence-corrected chi connectivity index (χ4v) is 3.65. The molecule has 1 amide bonds. The van der Waals surface area contributed by atoms with Gasteiger partial charge in [0.05, 0.1) is 11.9 Å². The van der Waals surface area contributed by atoms with E-state index >= 15 is 0 Å². The number of nitrogens with zero attached hydrogens (tertiary/aromatic N) is 4. The number of anilines is 3. The fourth-order valence-electron chi connectivity index (χ4n) is 3.32. The molecular weight excluding hydrogens is 414 g/mol. The number of halogens is 1. The molecule has 2 unspecified atom stereocenters. The molecule has 1 fully saturated rings. The molecule has 2 aromatic heterocycles. The van der Waals surface area contributed by atoms with E-state index in [9.17, 15) is 14.7 Å². The van der Waals surface area contributed by atoms with Gasteiger partial charge in [0.2, 0.25) is 0 Å². The number of hydrogen-bond acceptors (Lipinski definition) is 5. The van der Waals surface area contributed by atoms with Gasteiger partial charge >= 0.3 is 6.09 Å². The van der Waals surface area contributed by atoms with Crippen molar-refractivity contribution < 1.29 is 9.90 Å². The first kappa shape index (κ1) is 19.2. The van der Waals surface area contributed by atoms with Gasteiger partial charge in [0, 0.05) is 42.9 Å². The lowest BCUT2D eigenvalue weighted by Crippen LogP contribution is -2.58. The third-order valence-corrected chi connectivity index (χ3v) is 5.31. The number of piperazine rings is 1. The van der Waals surface area contributed by atoms with Gasteiger partial charge in [0.1, 0.15) is 11.5 Å². The van der Waals surface area contributed by atoms with Crippen molar-refractivity contribution in [2.24, 2.45) is 0 Å². The van der Waals surface area contributed by atoms with Crippen LogP contribution in [-0.2, 0) is 0 Å². The lowest BCUT2D eigenvalue weighted by molar-refractivity contribution is 0.114. The zero-order valence-corrected chi connectivity index (χ0v) is 17.0. The highest BCUT2D eigenvalue weighted by Crippen LogP contribution is 2.26. The molecule has 0 saturated carbocycles. The Morgan fingerprint density at radius 3 is 2.70 bits per heavy atom. The van der Waals surface area contributed by atoms with Crippen LogP contribution in [0.15, 0.2) is 39.9 Å². The first-order valence-corrected chi connectivity index (χ1v) is 9.41. The summed E-state index contributed by atoms with van der Waals surface area (Å²) in [5.41, 5.74) is 1.22. The van der Waals surface area contributed by atoms with Crippen molar-refractivity contribution in [3.8, 4) is 0 Å². The van der Waals surface area contributed by atoms with E-state index in [1.165, 1.54) is 4.90 Å². The van der Waals surface area contributed by atoms with Gasteiger partial charge < -0.3 is 24.8 Å². The van der Waals surface area contributed by atoms with Crippen molar-refractivity contribution in [1.29, 1.82) is 0 Å². The van der Waals surface area contributed by atoms with Gasteiger partial charge in [-0.2, -0.15) is 0 Å². The number of carboxylic acid groups (broad SMARTS) is 1. The maximum Gasteiger partial charge on any atom is 0.407 e. The molecule has 1 aliphatic heterocycles. The molecule has 27 heavy (non-hydrogen) atoms. The second-order valence-corrected chi connectivity index (χ2v) is 7.67. The van der Waals surface area contributed by atoms with E-state index in [0.717, 1.165) is 10.2 Å². The molecule has 2 atom stereocenters. The molecule has 0 spiro atoms. The average molecular weight is 436 g/mol. The zero-order chi connectivity index (χ0) is 19.7. The Balaban J connectivity index is 1.80. The van der Waals surface area contributed by atoms with Crippen LogP contribution in [0.2, 0.25) is 0 Å². The van der Waals surface area contributed by atoms with Gasteiger partial charge in [0.15, 0.2) is 0 Å². The largest absolute Gasteiger partial charge is 0.465 e. The summed E-state index contributed by atoms with van der Waals surface area (Å²) in [5.74, 6) is 0.646. The molecular formula is C18H22BrN5O3. The number of amides is 1. The molecule has 0 aromatic carbocycles. The Bertz CT molecular complexity index is 885. The highest BCUT2D eigenvalue weighted by atomic mass is 79.9. The van der Waals surface area contributed by atoms with E-state index in [1.807, 2.05) is 26.0 Å². The van der Waals surface area contributed by atoms with Crippen LogP contribution in [0.5, 0.6) is 0 Å². The molecule has 8 nitrogen and oxygen atoms in total. The minimum atomic E-state index is -0.886. The van der Waals surface area contributed by atoms with E-state index in [2.05, 4.69) is 30.8 Å². The average Bonchev–Trinajstić information content (AvgIpc) is 2.64. The van der Waals surface area contributed by atoms with Crippen LogP contribution in [0.4, 0.5) is 22.0 Å². The number of carbonyl (C=O) groups is 1. The first-order valence-electron chi connectivity index (χ1n) is 8.62. The normalized spacial score (nSPS) is 19.9. The molecule has 3 heterocycles. The Morgan fingerprint density at radius 2 is 2.07 bits per heavy atom. The molecule has 144 valence electrons. The fraction of sp³-hybridized carbons (Fsp3) is 0.389. The maximum absolute atomic E-state index is 12.1. The summed E-state index contributed by atoms with van der Waals surface area (Å²) in [7, 11) is 1.79. The van der Waals surface area contributed by atoms with Crippen LogP contribution in [-0.4, -0.2) is 58.3 Å². The molecule has 2 N–H and O–H groups in total. The highest BCUT2D eigenvalue weighted by Gasteiger charge is 2.32. The zero-order valence-electron chi connectivity index (χ0n) is 15.4. The summed E-state index contributed by atoms with van der Waals surface area (Å²) in [4.78, 5) is 35.9. The summed E-state index contributed by atoms with van der Waals surface area (Å²) in [6.45, 7) is 4.96. The van der Waals surface area contributed by atoms with Crippen LogP contribution >= 0.6 is 15.9 Å². The van der Waals surface area contributed by atoms with Crippen LogP contribution in [0, 0.1) is 0 Å². The Hall–Kier alpha value is -2.55. The molecule has 0 aliphatic carbocycles. The quantitative estimate of drug-likeness (QED) is 0.769. The number of rotatable bonds is 3. The Kier molecular flexibility index (Phi) is 5.41. The smallest absolute Gasteiger partial charge is 0.407 e. The summed E-state index contributed by atoms with van der Waals surface area (Å²) in [5, 5.41) is 9.29. The number of aromatic nitrogens is 2. The Morgan fingerprint density at radius 1 is 1.33 bits per heavy atom. The number of nitrogens with one attached hydrogen (secondary N) is 1. The maximum atomic E-state index is 12.1. The van der Waals surface area contributed by atoms with Crippen LogP contribution in [0.3, 0.4) is 0 Å². The van der Waals surface area contributed by atoms with E-state index in [-0.39, 0.29) is 17.6 Å². The van der Waals surface area contributed by atoms with Crippen molar-refractivity contribution in [1.82, 2.24) is 14.9 Å². The summed E-state index contributed by atoms with van der Waals surface area (Å²) < 4.78 is 0.777. The van der Waals surface area contributed by atoms with Crippen LogP contribution in [0.25, 0.3) is 0 Å². The SMILES string of the molecule is CC1CN(c2ccc(N(C)c3cc(Br)c[nH]c3=O)nc2)C(C)CN1C(=O)O. The number of H-pyrrole nitrogens is 1. The second kappa shape index (κ2) is 7.59. The molecule has 0 radical (unpaired) electrons. The van der Waals surface area contributed by atoms with Crippen molar-refractivity contribution in [3.63, 3.8) is 0 Å². The molecule has 0 bridgehead atoms. The van der Waals surface area contributed by atoms with Gasteiger partial charge in [-0.1, -0.05) is 0 Å². The lowest BCUT2D eigenvalue weighted by atomic mass is 10.1. The van der Waals surface area contributed by atoms with Crippen molar-refractivity contribution >= 4 is 39.2 Å². The second-order valence-electron chi connectivity index (χ2n) is 6.75. The van der Waals surface area contributed by atoms with Crippen molar-refractivity contribution in [2.45, 2.75) is 25.9 Å². The molecule has 9 heteroatoms. The minimum absolute atomic E-state index is 0.0515. The topological polar surface area (TPSA) is 92.8 Å². The monoisotopic (exact) mass is 435 g/mol. The molecule has 1 saturated heterocycles. The van der Waals surface area contributed by atoms with Gasteiger partial charge in [-0.15, -0.1) is 0 Å². The Labute approximate surface area is 165 Å². The van der Waals surface area contributed by atoms with Gasteiger partial charge in [-0.3, -0.25) is 4.79 Å². The van der Waals surface area contributed by atoms with E-state index in [0.29, 0.717) is 24.6 Å². The predicted molar refractivity (Wildman–Crippen MR) is 108 cm³/mol. The van der Waals surface area contributed by atoms with E-state index in [1.54, 1.807) is 30.4 Å². The summed E-state index contributed by atoms with van der Waals surface area (Å²) >= 11 is 3.36. The molecule has 1 aliphatic rings. The standard InChI is InChI=1S/C18H22BrN5O3/c1-11-10-24(18(26)27)12(2)9-23(11)14-4-5-16(20-8-14)22(3)15-6-13(19)7-21-17(15)25/h4-8,11-12H,9-10H2,1-3H3,(H,21,25)(H,26,27). The van der Waals surface area contributed by atoms with E-state index < -0.39 is 6.09 Å². The third-order valence-electron chi connectivity index (χ3n) is 4.85. The summed E-state index contributed by atoms with van der Waals surface area (Å²) in [6, 6.07) is 5.50. The van der Waals surface area contributed by atoms with Crippen molar-refractivity contribution in [2.75, 3.05) is 29.9 Å². The first-order chi connectivity index (χ1) is 12.8. The summed E-state index contributed by atoms with van der Waals surface area (Å²) in [6.07, 6.45) is 2.47. The number of pyridine rings is 2. The highest BCUT2D eigenvalue weighted by molar-refractivity contribution is 9.10. The lowest BCUT2D eigenvalue weighted by Gasteiger charge is -2.44. The van der Waals surface area contributed by atoms with E-state index in [4.69, 9.17) is 0 Å². The molecule has 2 aromatic rings.